The molecule has 1 aliphatic rings. The van der Waals surface area contributed by atoms with Gasteiger partial charge in [-0.25, -0.2) is 9.07 Å². The third-order valence-electron chi connectivity index (χ3n) is 3.48. The molecule has 0 radical (unpaired) electrons. The van der Waals surface area contributed by atoms with Crippen molar-refractivity contribution >= 4 is 5.91 Å². The predicted molar refractivity (Wildman–Crippen MR) is 76.8 cm³/mol. The van der Waals surface area contributed by atoms with E-state index >= 15 is 0 Å². The average molecular weight is 288 g/mol. The summed E-state index contributed by atoms with van der Waals surface area (Å²) in [6.45, 7) is 0.671. The van der Waals surface area contributed by atoms with Crippen LogP contribution in [-0.4, -0.2) is 28.8 Å². The molecule has 110 valence electrons. The van der Waals surface area contributed by atoms with Gasteiger partial charge in [0.05, 0.1) is 0 Å². The number of nitrogens with one attached hydrogen (secondary N) is 2. The maximum Gasteiger partial charge on any atom is 0.271 e. The lowest BCUT2D eigenvalue weighted by molar-refractivity contribution is 0.0957. The Bertz CT molecular complexity index is 663. The van der Waals surface area contributed by atoms with Crippen LogP contribution in [0.25, 0.3) is 5.69 Å². The van der Waals surface area contributed by atoms with E-state index in [1.807, 2.05) is 6.07 Å². The average Bonchev–Trinajstić information content (AvgIpc) is 3.20. The van der Waals surface area contributed by atoms with E-state index in [9.17, 15) is 9.18 Å². The fourth-order valence-electron chi connectivity index (χ4n) is 2.10. The second-order valence-electron chi connectivity index (χ2n) is 5.17. The SMILES string of the molecule is CNC(=O)c1ccn(-c2ccc(CNC3CC3)cc2F)n1. The van der Waals surface area contributed by atoms with Gasteiger partial charge in [-0.2, -0.15) is 5.10 Å². The molecule has 5 nitrogen and oxygen atoms in total. The van der Waals surface area contributed by atoms with Crippen LogP contribution < -0.4 is 10.6 Å². The van der Waals surface area contributed by atoms with Gasteiger partial charge in [-0.15, -0.1) is 0 Å². The van der Waals surface area contributed by atoms with Gasteiger partial charge in [-0.1, -0.05) is 6.07 Å². The van der Waals surface area contributed by atoms with Crippen LogP contribution in [0.3, 0.4) is 0 Å². The quantitative estimate of drug-likeness (QED) is 0.879. The number of carbonyl (C=O) groups is 1. The second kappa shape index (κ2) is 5.65. The maximum atomic E-state index is 14.2. The van der Waals surface area contributed by atoms with Gasteiger partial charge < -0.3 is 10.6 Å². The number of carbonyl (C=O) groups excluding carboxylic acids is 1. The molecule has 6 heteroatoms. The van der Waals surface area contributed by atoms with Gasteiger partial charge in [-0.05, 0) is 36.6 Å². The Hall–Kier alpha value is -2.21. The Morgan fingerprint density at radius 1 is 1.43 bits per heavy atom. The molecular weight excluding hydrogens is 271 g/mol. The summed E-state index contributed by atoms with van der Waals surface area (Å²) < 4.78 is 15.6. The topological polar surface area (TPSA) is 59.0 Å². The molecular formula is C15H17FN4O. The van der Waals surface area contributed by atoms with Gasteiger partial charge in [0.25, 0.3) is 5.91 Å². The molecule has 1 amide bonds. The van der Waals surface area contributed by atoms with Crippen LogP contribution in [-0.2, 0) is 6.54 Å². The zero-order chi connectivity index (χ0) is 14.8. The van der Waals surface area contributed by atoms with E-state index in [2.05, 4.69) is 15.7 Å². The molecule has 1 aromatic heterocycles. The lowest BCUT2D eigenvalue weighted by Gasteiger charge is -2.07. The molecule has 0 bridgehead atoms. The third-order valence-corrected chi connectivity index (χ3v) is 3.48. The first-order chi connectivity index (χ1) is 10.2. The van der Waals surface area contributed by atoms with E-state index in [1.54, 1.807) is 18.3 Å². The normalized spacial score (nSPS) is 14.2. The number of rotatable bonds is 5. The summed E-state index contributed by atoms with van der Waals surface area (Å²) in [5.74, 6) is -0.643. The first-order valence-electron chi connectivity index (χ1n) is 6.97. The van der Waals surface area contributed by atoms with Crippen molar-refractivity contribution in [3.05, 3.63) is 47.5 Å². The van der Waals surface area contributed by atoms with Crippen molar-refractivity contribution in [2.24, 2.45) is 0 Å². The number of aromatic nitrogens is 2. The molecule has 1 aromatic carbocycles. The van der Waals surface area contributed by atoms with Crippen molar-refractivity contribution < 1.29 is 9.18 Å². The fourth-order valence-corrected chi connectivity index (χ4v) is 2.10. The van der Waals surface area contributed by atoms with E-state index in [4.69, 9.17) is 0 Å². The lowest BCUT2D eigenvalue weighted by Crippen LogP contribution is -2.18. The molecule has 2 N–H and O–H groups in total. The van der Waals surface area contributed by atoms with Crippen LogP contribution in [0.1, 0.15) is 28.9 Å². The van der Waals surface area contributed by atoms with Gasteiger partial charge in [0.15, 0.2) is 5.69 Å². The number of hydrogen-bond donors (Lipinski definition) is 2. The van der Waals surface area contributed by atoms with Gasteiger partial charge >= 0.3 is 0 Å². The highest BCUT2D eigenvalue weighted by molar-refractivity contribution is 5.91. The van der Waals surface area contributed by atoms with E-state index in [1.165, 1.54) is 30.6 Å². The Morgan fingerprint density at radius 2 is 2.24 bits per heavy atom. The Morgan fingerprint density at radius 3 is 2.90 bits per heavy atom. The zero-order valence-corrected chi connectivity index (χ0v) is 11.8. The molecule has 1 fully saturated rings. The smallest absolute Gasteiger partial charge is 0.271 e. The second-order valence-corrected chi connectivity index (χ2v) is 5.17. The van der Waals surface area contributed by atoms with Crippen LogP contribution in [0.2, 0.25) is 0 Å². The zero-order valence-electron chi connectivity index (χ0n) is 11.8. The Balaban J connectivity index is 1.77. The Kier molecular flexibility index (Phi) is 3.70. The number of halogens is 1. The summed E-state index contributed by atoms with van der Waals surface area (Å²) in [6, 6.07) is 7.20. The van der Waals surface area contributed by atoms with Crippen molar-refractivity contribution in [3.63, 3.8) is 0 Å². The highest BCUT2D eigenvalue weighted by Gasteiger charge is 2.20. The standard InChI is InChI=1S/C15H17FN4O/c1-17-15(21)13-6-7-20(19-13)14-5-2-10(8-12(14)16)9-18-11-3-4-11/h2,5-8,11,18H,3-4,9H2,1H3,(H,17,21). The maximum absolute atomic E-state index is 14.2. The monoisotopic (exact) mass is 288 g/mol. The van der Waals surface area contributed by atoms with Crippen LogP contribution in [0.4, 0.5) is 4.39 Å². The van der Waals surface area contributed by atoms with Crippen molar-refractivity contribution in [2.45, 2.75) is 25.4 Å². The van der Waals surface area contributed by atoms with Crippen LogP contribution in [0.5, 0.6) is 0 Å². The van der Waals surface area contributed by atoms with E-state index in [0.717, 1.165) is 5.56 Å². The summed E-state index contributed by atoms with van der Waals surface area (Å²) in [5, 5.41) is 9.91. The van der Waals surface area contributed by atoms with Gasteiger partial charge in [0, 0.05) is 25.8 Å². The summed E-state index contributed by atoms with van der Waals surface area (Å²) in [6.07, 6.45) is 3.98. The summed E-state index contributed by atoms with van der Waals surface area (Å²) in [7, 11) is 1.53. The van der Waals surface area contributed by atoms with E-state index in [0.29, 0.717) is 18.3 Å². The van der Waals surface area contributed by atoms with Crippen LogP contribution >= 0.6 is 0 Å². The molecule has 1 saturated carbocycles. The fraction of sp³-hybridized carbons (Fsp3) is 0.333. The first kappa shape index (κ1) is 13.8. The van der Waals surface area contributed by atoms with Crippen molar-refractivity contribution in [2.75, 3.05) is 7.05 Å². The van der Waals surface area contributed by atoms with Gasteiger partial charge in [0.1, 0.15) is 11.5 Å². The number of benzene rings is 1. The predicted octanol–water partition coefficient (Wildman–Crippen LogP) is 1.62. The highest BCUT2D eigenvalue weighted by Crippen LogP contribution is 2.20. The largest absolute Gasteiger partial charge is 0.354 e. The number of nitrogens with zero attached hydrogens (tertiary/aromatic N) is 2. The van der Waals surface area contributed by atoms with Crippen LogP contribution in [0.15, 0.2) is 30.5 Å². The number of amides is 1. The molecule has 2 aromatic rings. The molecule has 3 rings (SSSR count). The van der Waals surface area contributed by atoms with E-state index in [-0.39, 0.29) is 17.4 Å². The van der Waals surface area contributed by atoms with Crippen LogP contribution in [0, 0.1) is 5.82 Å². The summed E-state index contributed by atoms with van der Waals surface area (Å²) in [5.41, 5.74) is 1.50. The highest BCUT2D eigenvalue weighted by atomic mass is 19.1. The van der Waals surface area contributed by atoms with Gasteiger partial charge in [-0.3, -0.25) is 4.79 Å². The molecule has 0 spiro atoms. The minimum Gasteiger partial charge on any atom is -0.354 e. The number of hydrogen-bond acceptors (Lipinski definition) is 3. The molecule has 0 aliphatic heterocycles. The van der Waals surface area contributed by atoms with Crippen molar-refractivity contribution in [1.29, 1.82) is 0 Å². The molecule has 0 saturated heterocycles. The Labute approximate surface area is 122 Å². The molecule has 1 aliphatic carbocycles. The minimum atomic E-state index is -0.350. The third kappa shape index (κ3) is 3.11. The summed E-state index contributed by atoms with van der Waals surface area (Å²) >= 11 is 0. The summed E-state index contributed by atoms with van der Waals surface area (Å²) in [4.78, 5) is 11.5. The minimum absolute atomic E-state index is 0.261. The van der Waals surface area contributed by atoms with E-state index < -0.39 is 0 Å². The molecule has 0 atom stereocenters. The molecule has 21 heavy (non-hydrogen) atoms. The first-order valence-corrected chi connectivity index (χ1v) is 6.97. The molecule has 0 unspecified atom stereocenters. The molecule has 1 heterocycles. The van der Waals surface area contributed by atoms with Crippen molar-refractivity contribution in [1.82, 2.24) is 20.4 Å². The van der Waals surface area contributed by atoms with Crippen molar-refractivity contribution in [3.8, 4) is 5.69 Å². The van der Waals surface area contributed by atoms with Gasteiger partial charge in [0.2, 0.25) is 0 Å². The lowest BCUT2D eigenvalue weighted by atomic mass is 10.2.